The predicted molar refractivity (Wildman–Crippen MR) is 110 cm³/mol. The second kappa shape index (κ2) is 8.84. The number of nitrogens with zero attached hydrogens (tertiary/aromatic N) is 2. The van der Waals surface area contributed by atoms with Crippen LogP contribution < -0.4 is 10.1 Å². The maximum atomic E-state index is 13.3. The van der Waals surface area contributed by atoms with Crippen LogP contribution in [-0.4, -0.2) is 15.7 Å². The van der Waals surface area contributed by atoms with Crippen molar-refractivity contribution in [2.75, 3.05) is 5.32 Å². The summed E-state index contributed by atoms with van der Waals surface area (Å²) in [7, 11) is 0. The number of benzene rings is 2. The summed E-state index contributed by atoms with van der Waals surface area (Å²) in [5.74, 6) is 0.930. The first kappa shape index (κ1) is 19.7. The first-order valence-corrected chi connectivity index (χ1v) is 9.49. The van der Waals surface area contributed by atoms with Crippen LogP contribution in [0.3, 0.4) is 0 Å². The molecule has 1 N–H and O–H groups in total. The van der Waals surface area contributed by atoms with Crippen LogP contribution in [0.25, 0.3) is 0 Å². The summed E-state index contributed by atoms with van der Waals surface area (Å²) in [4.78, 5) is 12.4. The highest BCUT2D eigenvalue weighted by molar-refractivity contribution is 6.30. The van der Waals surface area contributed by atoms with Crippen molar-refractivity contribution < 1.29 is 18.3 Å². The average molecular weight is 426 g/mol. The minimum absolute atomic E-state index is 0.143. The van der Waals surface area contributed by atoms with Gasteiger partial charge in [-0.05, 0) is 54.1 Å². The highest BCUT2D eigenvalue weighted by Gasteiger charge is 2.13. The lowest BCUT2D eigenvalue weighted by molar-refractivity contribution is 0.0992. The summed E-state index contributed by atoms with van der Waals surface area (Å²) < 4.78 is 26.0. The molecular formula is C22H17ClFN3O3. The summed E-state index contributed by atoms with van der Waals surface area (Å²) in [5, 5.41) is 7.57. The monoisotopic (exact) mass is 425 g/mol. The number of rotatable bonds is 7. The number of amides is 1. The fraction of sp³-hybridized carbons (Fsp3) is 0.0909. The van der Waals surface area contributed by atoms with Crippen molar-refractivity contribution in [3.63, 3.8) is 0 Å². The predicted octanol–water partition coefficient (Wildman–Crippen LogP) is 5.15. The zero-order valence-corrected chi connectivity index (χ0v) is 16.5. The molecule has 0 aliphatic heterocycles. The van der Waals surface area contributed by atoms with Crippen molar-refractivity contribution in [1.29, 1.82) is 0 Å². The molecular weight excluding hydrogens is 409 g/mol. The Labute approximate surface area is 176 Å². The normalized spacial score (nSPS) is 10.7. The first-order valence-electron chi connectivity index (χ1n) is 9.11. The summed E-state index contributed by atoms with van der Waals surface area (Å²) >= 11 is 5.84. The molecule has 0 bridgehead atoms. The van der Waals surface area contributed by atoms with Crippen LogP contribution in [0.4, 0.5) is 10.2 Å². The molecule has 30 heavy (non-hydrogen) atoms. The topological polar surface area (TPSA) is 69.3 Å². The van der Waals surface area contributed by atoms with E-state index in [4.69, 9.17) is 20.8 Å². The highest BCUT2D eigenvalue weighted by atomic mass is 35.5. The molecule has 0 aliphatic rings. The van der Waals surface area contributed by atoms with E-state index in [1.54, 1.807) is 65.5 Å². The van der Waals surface area contributed by atoms with Crippen molar-refractivity contribution in [2.24, 2.45) is 0 Å². The molecule has 2 aromatic carbocycles. The molecule has 0 atom stereocenters. The number of hydrogen-bond donors (Lipinski definition) is 1. The van der Waals surface area contributed by atoms with E-state index in [0.29, 0.717) is 28.9 Å². The molecule has 0 radical (unpaired) electrons. The maximum absolute atomic E-state index is 13.3. The number of aromatic nitrogens is 2. The van der Waals surface area contributed by atoms with Crippen LogP contribution in [0, 0.1) is 5.82 Å². The Morgan fingerprint density at radius 3 is 2.77 bits per heavy atom. The average Bonchev–Trinajstić information content (AvgIpc) is 3.37. The van der Waals surface area contributed by atoms with Crippen LogP contribution in [0.1, 0.15) is 21.9 Å². The molecule has 0 saturated heterocycles. The summed E-state index contributed by atoms with van der Waals surface area (Å²) in [6.45, 7) is 0.567. The van der Waals surface area contributed by atoms with Gasteiger partial charge in [-0.2, -0.15) is 5.10 Å². The number of carbonyl (C=O) groups is 1. The molecule has 0 fully saturated rings. The number of hydrogen-bond acceptors (Lipinski definition) is 4. The number of furan rings is 1. The lowest BCUT2D eigenvalue weighted by Crippen LogP contribution is -2.12. The molecule has 2 aromatic heterocycles. The summed E-state index contributed by atoms with van der Waals surface area (Å²) in [6, 6.07) is 18.1. The van der Waals surface area contributed by atoms with E-state index >= 15 is 0 Å². The zero-order chi connectivity index (χ0) is 20.9. The van der Waals surface area contributed by atoms with E-state index in [9.17, 15) is 9.18 Å². The first-order chi connectivity index (χ1) is 14.5. The molecule has 8 heteroatoms. The van der Waals surface area contributed by atoms with E-state index in [2.05, 4.69) is 10.4 Å². The van der Waals surface area contributed by atoms with E-state index in [-0.39, 0.29) is 18.2 Å². The highest BCUT2D eigenvalue weighted by Crippen LogP contribution is 2.18. The fourth-order valence-corrected chi connectivity index (χ4v) is 2.91. The Balaban J connectivity index is 1.33. The quantitative estimate of drug-likeness (QED) is 0.444. The van der Waals surface area contributed by atoms with Crippen molar-refractivity contribution >= 4 is 23.3 Å². The molecule has 0 unspecified atom stereocenters. The van der Waals surface area contributed by atoms with Gasteiger partial charge in [0, 0.05) is 17.3 Å². The molecule has 2 heterocycles. The Bertz CT molecular complexity index is 1150. The lowest BCUT2D eigenvalue weighted by atomic mass is 10.2. The van der Waals surface area contributed by atoms with Gasteiger partial charge in [0.25, 0.3) is 5.91 Å². The Kier molecular flexibility index (Phi) is 5.81. The van der Waals surface area contributed by atoms with Crippen molar-refractivity contribution in [3.05, 3.63) is 101 Å². The molecule has 6 nitrogen and oxygen atoms in total. The van der Waals surface area contributed by atoms with Crippen LogP contribution in [0.2, 0.25) is 5.02 Å². The van der Waals surface area contributed by atoms with Gasteiger partial charge in [-0.15, -0.1) is 0 Å². The third-order valence-corrected chi connectivity index (χ3v) is 4.45. The van der Waals surface area contributed by atoms with Gasteiger partial charge in [-0.25, -0.2) is 4.39 Å². The number of halogens is 2. The molecule has 0 aliphatic carbocycles. The maximum Gasteiger partial charge on any atom is 0.292 e. The van der Waals surface area contributed by atoms with Crippen molar-refractivity contribution in [3.8, 4) is 5.75 Å². The number of carbonyl (C=O) groups excluding carboxylic acids is 1. The smallest absolute Gasteiger partial charge is 0.292 e. The second-order valence-corrected chi connectivity index (χ2v) is 6.93. The lowest BCUT2D eigenvalue weighted by Gasteiger charge is -2.04. The summed E-state index contributed by atoms with van der Waals surface area (Å²) in [5.41, 5.74) is 0.771. The van der Waals surface area contributed by atoms with Crippen LogP contribution in [-0.2, 0) is 13.2 Å². The van der Waals surface area contributed by atoms with E-state index in [1.165, 1.54) is 12.1 Å². The third-order valence-electron chi connectivity index (χ3n) is 4.20. The standard InChI is InChI=1S/C22H17ClFN3O3/c23-16-4-6-18(7-5-16)29-14-19-8-9-20(30-19)22(28)25-21-10-11-27(26-21)13-15-2-1-3-17(24)12-15/h1-12H,13-14H2,(H,25,26,28). The van der Waals surface area contributed by atoms with Crippen molar-refractivity contribution in [2.45, 2.75) is 13.2 Å². The van der Waals surface area contributed by atoms with Crippen LogP contribution >= 0.6 is 11.6 Å². The van der Waals surface area contributed by atoms with Crippen molar-refractivity contribution in [1.82, 2.24) is 9.78 Å². The summed E-state index contributed by atoms with van der Waals surface area (Å²) in [6.07, 6.45) is 1.70. The number of nitrogens with one attached hydrogen (secondary N) is 1. The van der Waals surface area contributed by atoms with E-state index in [0.717, 1.165) is 5.56 Å². The van der Waals surface area contributed by atoms with Gasteiger partial charge >= 0.3 is 0 Å². The SMILES string of the molecule is O=C(Nc1ccn(Cc2cccc(F)c2)n1)c1ccc(COc2ccc(Cl)cc2)o1. The van der Waals surface area contributed by atoms with Gasteiger partial charge in [0.1, 0.15) is 23.9 Å². The largest absolute Gasteiger partial charge is 0.486 e. The number of anilines is 1. The molecule has 4 aromatic rings. The Hall–Kier alpha value is -3.58. The molecule has 152 valence electrons. The van der Waals surface area contributed by atoms with Gasteiger partial charge in [-0.3, -0.25) is 9.48 Å². The molecule has 0 saturated carbocycles. The van der Waals surface area contributed by atoms with Gasteiger partial charge < -0.3 is 14.5 Å². The van der Waals surface area contributed by atoms with E-state index in [1.807, 2.05) is 0 Å². The Morgan fingerprint density at radius 1 is 1.13 bits per heavy atom. The fourth-order valence-electron chi connectivity index (χ4n) is 2.78. The molecule has 1 amide bonds. The minimum atomic E-state index is -0.427. The van der Waals surface area contributed by atoms with E-state index < -0.39 is 5.91 Å². The zero-order valence-electron chi connectivity index (χ0n) is 15.7. The van der Waals surface area contributed by atoms with Gasteiger partial charge in [0.05, 0.1) is 6.54 Å². The van der Waals surface area contributed by atoms with Gasteiger partial charge in [-0.1, -0.05) is 23.7 Å². The minimum Gasteiger partial charge on any atom is -0.486 e. The molecule has 0 spiro atoms. The molecule has 4 rings (SSSR count). The second-order valence-electron chi connectivity index (χ2n) is 6.49. The van der Waals surface area contributed by atoms with Crippen LogP contribution in [0.5, 0.6) is 5.75 Å². The third kappa shape index (κ3) is 5.07. The number of ether oxygens (including phenoxy) is 1. The van der Waals surface area contributed by atoms with Gasteiger partial charge in [0.15, 0.2) is 11.6 Å². The Morgan fingerprint density at radius 2 is 1.97 bits per heavy atom. The van der Waals surface area contributed by atoms with Crippen LogP contribution in [0.15, 0.2) is 77.3 Å². The van der Waals surface area contributed by atoms with Gasteiger partial charge in [0.2, 0.25) is 0 Å².